The maximum atomic E-state index is 12.6. The number of halogens is 4. The van der Waals surface area contributed by atoms with Crippen molar-refractivity contribution in [3.8, 4) is 0 Å². The summed E-state index contributed by atoms with van der Waals surface area (Å²) in [5.74, 6) is -0.496. The molecule has 1 saturated heterocycles. The molecular weight excluding hydrogens is 419 g/mol. The Morgan fingerprint density at radius 3 is 2.11 bits per heavy atom. The molecule has 2 heterocycles. The summed E-state index contributed by atoms with van der Waals surface area (Å²) in [5, 5.41) is 0.416. The van der Waals surface area contributed by atoms with E-state index in [4.69, 9.17) is 11.6 Å². The normalized spacial score (nSPS) is 16.2. The number of piperazine rings is 1. The van der Waals surface area contributed by atoms with Gasteiger partial charge in [0.25, 0.3) is 5.91 Å². The number of pyridine rings is 1. The third-order valence-electron chi connectivity index (χ3n) is 4.28. The zero-order chi connectivity index (χ0) is 20.5. The van der Waals surface area contributed by atoms with E-state index in [1.807, 2.05) is 0 Å². The summed E-state index contributed by atoms with van der Waals surface area (Å²) in [4.78, 5) is 17.2. The van der Waals surface area contributed by atoms with Gasteiger partial charge in [0.15, 0.2) is 0 Å². The van der Waals surface area contributed by atoms with Crippen molar-refractivity contribution in [2.45, 2.75) is 11.1 Å². The Balaban J connectivity index is 1.66. The Labute approximate surface area is 164 Å². The molecule has 0 aliphatic carbocycles. The summed E-state index contributed by atoms with van der Waals surface area (Å²) in [7, 11) is -3.72. The molecule has 3 rings (SSSR count). The molecule has 28 heavy (non-hydrogen) atoms. The highest BCUT2D eigenvalue weighted by Crippen LogP contribution is 2.27. The first-order valence-corrected chi connectivity index (χ1v) is 9.99. The van der Waals surface area contributed by atoms with Crippen molar-refractivity contribution in [1.29, 1.82) is 0 Å². The van der Waals surface area contributed by atoms with E-state index in [0.29, 0.717) is 5.02 Å². The smallest absolute Gasteiger partial charge is 0.336 e. The zero-order valence-corrected chi connectivity index (χ0v) is 15.9. The van der Waals surface area contributed by atoms with Crippen molar-refractivity contribution in [3.63, 3.8) is 0 Å². The van der Waals surface area contributed by atoms with Gasteiger partial charge < -0.3 is 4.90 Å². The van der Waals surface area contributed by atoms with Crippen LogP contribution in [0.4, 0.5) is 13.2 Å². The number of hydrogen-bond acceptors (Lipinski definition) is 4. The van der Waals surface area contributed by atoms with Gasteiger partial charge in [-0.25, -0.2) is 8.42 Å². The highest BCUT2D eigenvalue weighted by Gasteiger charge is 2.33. The number of sulfonamides is 1. The van der Waals surface area contributed by atoms with Crippen molar-refractivity contribution in [3.05, 3.63) is 58.9 Å². The molecule has 1 aliphatic rings. The first-order valence-electron chi connectivity index (χ1n) is 8.17. The molecule has 0 unspecified atom stereocenters. The molecule has 1 fully saturated rings. The highest BCUT2D eigenvalue weighted by atomic mass is 35.5. The minimum absolute atomic E-state index is 0.0157. The number of nitrogens with zero attached hydrogens (tertiary/aromatic N) is 3. The van der Waals surface area contributed by atoms with Gasteiger partial charge in [-0.15, -0.1) is 0 Å². The van der Waals surface area contributed by atoms with Gasteiger partial charge in [-0.3, -0.25) is 9.78 Å². The van der Waals surface area contributed by atoms with Crippen LogP contribution in [0.3, 0.4) is 0 Å². The Bertz CT molecular complexity index is 956. The number of carbonyl (C=O) groups excluding carboxylic acids is 1. The largest absolute Gasteiger partial charge is 0.433 e. The number of amides is 1. The lowest BCUT2D eigenvalue weighted by Gasteiger charge is -2.34. The first kappa shape index (κ1) is 20.6. The third-order valence-corrected chi connectivity index (χ3v) is 6.44. The van der Waals surface area contributed by atoms with Crippen LogP contribution in [0.15, 0.2) is 47.5 Å². The average molecular weight is 434 g/mol. The van der Waals surface area contributed by atoms with Gasteiger partial charge in [0, 0.05) is 37.4 Å². The Morgan fingerprint density at radius 2 is 1.61 bits per heavy atom. The maximum Gasteiger partial charge on any atom is 0.433 e. The Morgan fingerprint density at radius 1 is 1.00 bits per heavy atom. The molecule has 0 saturated carbocycles. The average Bonchev–Trinajstić information content (AvgIpc) is 2.67. The standard InChI is InChI=1S/C17H15ClF3N3O3S/c18-13-2-4-14(5-3-13)28(26,27)24-9-7-23(8-10-24)16(25)12-1-6-15(22-11-12)17(19,20)21/h1-6,11H,7-10H2. The molecule has 1 aliphatic heterocycles. The lowest BCUT2D eigenvalue weighted by molar-refractivity contribution is -0.141. The van der Waals surface area contributed by atoms with E-state index in [9.17, 15) is 26.4 Å². The second-order valence-corrected chi connectivity index (χ2v) is 8.45. The molecule has 0 spiro atoms. The van der Waals surface area contributed by atoms with Crippen molar-refractivity contribution in [1.82, 2.24) is 14.2 Å². The molecule has 0 radical (unpaired) electrons. The van der Waals surface area contributed by atoms with Crippen molar-refractivity contribution in [2.75, 3.05) is 26.2 Å². The van der Waals surface area contributed by atoms with Gasteiger partial charge in [-0.2, -0.15) is 17.5 Å². The molecule has 1 aromatic heterocycles. The summed E-state index contributed by atoms with van der Waals surface area (Å²) in [6, 6.07) is 7.58. The molecule has 0 N–H and O–H groups in total. The van der Waals surface area contributed by atoms with Crippen molar-refractivity contribution >= 4 is 27.5 Å². The summed E-state index contributed by atoms with van der Waals surface area (Å²) in [6.07, 6.45) is -3.70. The molecule has 0 atom stereocenters. The quantitative estimate of drug-likeness (QED) is 0.746. The van der Waals surface area contributed by atoms with Crippen molar-refractivity contribution in [2.24, 2.45) is 0 Å². The molecule has 0 bridgehead atoms. The lowest BCUT2D eigenvalue weighted by atomic mass is 10.2. The van der Waals surface area contributed by atoms with E-state index in [2.05, 4.69) is 4.98 Å². The second kappa shape index (κ2) is 7.69. The van der Waals surface area contributed by atoms with Gasteiger partial charge in [-0.1, -0.05) is 11.6 Å². The summed E-state index contributed by atoms with van der Waals surface area (Å²) >= 11 is 5.77. The van der Waals surface area contributed by atoms with E-state index in [1.54, 1.807) is 0 Å². The first-order chi connectivity index (χ1) is 13.1. The SMILES string of the molecule is O=C(c1ccc(C(F)(F)F)nc1)N1CCN(S(=O)(=O)c2ccc(Cl)cc2)CC1. The number of aromatic nitrogens is 1. The number of alkyl halides is 3. The lowest BCUT2D eigenvalue weighted by Crippen LogP contribution is -2.50. The number of carbonyl (C=O) groups is 1. The van der Waals surface area contributed by atoms with E-state index in [1.165, 1.54) is 33.5 Å². The summed E-state index contributed by atoms with van der Waals surface area (Å²) < 4.78 is 64.2. The van der Waals surface area contributed by atoms with Gasteiger partial charge in [0.05, 0.1) is 10.5 Å². The van der Waals surface area contributed by atoms with Crippen LogP contribution in [-0.2, 0) is 16.2 Å². The minimum Gasteiger partial charge on any atom is -0.336 e. The van der Waals surface area contributed by atoms with Crippen LogP contribution in [0, 0.1) is 0 Å². The van der Waals surface area contributed by atoms with E-state index in [0.717, 1.165) is 18.3 Å². The molecule has 2 aromatic rings. The van der Waals surface area contributed by atoms with Crippen LogP contribution in [0.25, 0.3) is 0 Å². The molecule has 6 nitrogen and oxygen atoms in total. The van der Waals surface area contributed by atoms with Crippen LogP contribution in [0.1, 0.15) is 16.1 Å². The number of hydrogen-bond donors (Lipinski definition) is 0. The fourth-order valence-corrected chi connectivity index (χ4v) is 4.31. The van der Waals surface area contributed by atoms with Crippen LogP contribution in [0.2, 0.25) is 5.02 Å². The fraction of sp³-hybridized carbons (Fsp3) is 0.294. The number of rotatable bonds is 3. The van der Waals surface area contributed by atoms with Gasteiger partial charge in [0.1, 0.15) is 5.69 Å². The van der Waals surface area contributed by atoms with Gasteiger partial charge >= 0.3 is 6.18 Å². The predicted molar refractivity (Wildman–Crippen MR) is 95.4 cm³/mol. The van der Waals surface area contributed by atoms with E-state index in [-0.39, 0.29) is 36.6 Å². The Hall–Kier alpha value is -2.17. The molecular formula is C17H15ClF3N3O3S. The molecule has 11 heteroatoms. The van der Waals surface area contributed by atoms with Gasteiger partial charge in [-0.05, 0) is 36.4 Å². The van der Waals surface area contributed by atoms with Gasteiger partial charge in [0.2, 0.25) is 10.0 Å². The molecule has 150 valence electrons. The predicted octanol–water partition coefficient (Wildman–Crippen LogP) is 2.90. The van der Waals surface area contributed by atoms with E-state index < -0.39 is 27.8 Å². The fourth-order valence-electron chi connectivity index (χ4n) is 2.76. The van der Waals surface area contributed by atoms with Crippen LogP contribution >= 0.6 is 11.6 Å². The monoisotopic (exact) mass is 433 g/mol. The summed E-state index contributed by atoms with van der Waals surface area (Å²) in [5.41, 5.74) is -1.06. The molecule has 1 amide bonds. The number of benzene rings is 1. The van der Waals surface area contributed by atoms with Crippen LogP contribution in [0.5, 0.6) is 0 Å². The third kappa shape index (κ3) is 4.29. The second-order valence-electron chi connectivity index (χ2n) is 6.08. The topological polar surface area (TPSA) is 70.6 Å². The van der Waals surface area contributed by atoms with E-state index >= 15 is 0 Å². The Kier molecular flexibility index (Phi) is 5.64. The maximum absolute atomic E-state index is 12.6. The molecule has 1 aromatic carbocycles. The highest BCUT2D eigenvalue weighted by molar-refractivity contribution is 7.89. The van der Waals surface area contributed by atoms with Crippen LogP contribution < -0.4 is 0 Å². The zero-order valence-electron chi connectivity index (χ0n) is 14.4. The minimum atomic E-state index is -4.58. The van der Waals surface area contributed by atoms with Crippen LogP contribution in [-0.4, -0.2) is 54.7 Å². The summed E-state index contributed by atoms with van der Waals surface area (Å²) in [6.45, 7) is 0.384. The van der Waals surface area contributed by atoms with Crippen molar-refractivity contribution < 1.29 is 26.4 Å².